The van der Waals surface area contributed by atoms with Crippen LogP contribution in [0.1, 0.15) is 31.8 Å². The number of nitrogens with zero attached hydrogens (tertiary/aromatic N) is 3. The van der Waals surface area contributed by atoms with E-state index >= 15 is 0 Å². The van der Waals surface area contributed by atoms with E-state index in [-0.39, 0.29) is 0 Å². The molecular formula is C12H20N4. The molecule has 1 aliphatic heterocycles. The minimum atomic E-state index is 0.426. The number of anilines is 1. The standard InChI is InChI=1S/C12H20N4/c1-9-6-10(13)15-11(14-9)7-16-5-4-12(2,3)8-16/h6H,4-5,7-8H2,1-3H3,(H2,13,14,15). The molecule has 16 heavy (non-hydrogen) atoms. The Bertz CT molecular complexity index is 366. The molecule has 4 nitrogen and oxygen atoms in total. The predicted octanol–water partition coefficient (Wildman–Crippen LogP) is 1.60. The summed E-state index contributed by atoms with van der Waals surface area (Å²) >= 11 is 0. The van der Waals surface area contributed by atoms with Crippen LogP contribution in [-0.2, 0) is 6.54 Å². The zero-order valence-corrected chi connectivity index (χ0v) is 10.3. The zero-order chi connectivity index (χ0) is 11.8. The van der Waals surface area contributed by atoms with Crippen LogP contribution < -0.4 is 5.73 Å². The first-order valence-corrected chi connectivity index (χ1v) is 5.77. The lowest BCUT2D eigenvalue weighted by Crippen LogP contribution is -2.24. The Morgan fingerprint density at radius 2 is 2.19 bits per heavy atom. The van der Waals surface area contributed by atoms with Gasteiger partial charge in [0.05, 0.1) is 6.54 Å². The lowest BCUT2D eigenvalue weighted by atomic mass is 9.93. The van der Waals surface area contributed by atoms with Crippen LogP contribution in [0, 0.1) is 12.3 Å². The van der Waals surface area contributed by atoms with Gasteiger partial charge in [-0.15, -0.1) is 0 Å². The maximum Gasteiger partial charge on any atom is 0.144 e. The lowest BCUT2D eigenvalue weighted by molar-refractivity contribution is 0.278. The number of aryl methyl sites for hydroxylation is 1. The number of likely N-dealkylation sites (tertiary alicyclic amines) is 1. The SMILES string of the molecule is Cc1cc(N)nc(CN2CCC(C)(C)C2)n1. The molecule has 2 heterocycles. The topological polar surface area (TPSA) is 55.0 Å². The molecule has 0 spiro atoms. The van der Waals surface area contributed by atoms with Gasteiger partial charge < -0.3 is 5.73 Å². The monoisotopic (exact) mass is 220 g/mol. The Labute approximate surface area is 96.9 Å². The molecule has 2 N–H and O–H groups in total. The predicted molar refractivity (Wildman–Crippen MR) is 64.9 cm³/mol. The highest BCUT2D eigenvalue weighted by atomic mass is 15.2. The summed E-state index contributed by atoms with van der Waals surface area (Å²) in [6, 6.07) is 1.80. The van der Waals surface area contributed by atoms with Gasteiger partial charge in [0, 0.05) is 18.3 Å². The zero-order valence-electron chi connectivity index (χ0n) is 10.3. The Morgan fingerprint density at radius 1 is 1.44 bits per heavy atom. The second kappa shape index (κ2) is 4.01. The minimum Gasteiger partial charge on any atom is -0.384 e. The lowest BCUT2D eigenvalue weighted by Gasteiger charge is -2.19. The van der Waals surface area contributed by atoms with Crippen molar-refractivity contribution in [3.05, 3.63) is 17.6 Å². The number of hydrogen-bond acceptors (Lipinski definition) is 4. The van der Waals surface area contributed by atoms with Crippen molar-refractivity contribution in [1.82, 2.24) is 14.9 Å². The van der Waals surface area contributed by atoms with Gasteiger partial charge in [-0.2, -0.15) is 0 Å². The van der Waals surface area contributed by atoms with Gasteiger partial charge >= 0.3 is 0 Å². The van der Waals surface area contributed by atoms with Crippen LogP contribution in [0.3, 0.4) is 0 Å². The quantitative estimate of drug-likeness (QED) is 0.822. The van der Waals surface area contributed by atoms with E-state index in [1.165, 1.54) is 6.42 Å². The highest BCUT2D eigenvalue weighted by Gasteiger charge is 2.29. The fourth-order valence-corrected chi connectivity index (χ4v) is 2.29. The maximum atomic E-state index is 5.72. The summed E-state index contributed by atoms with van der Waals surface area (Å²) in [5, 5.41) is 0. The normalized spacial score (nSPS) is 20.2. The van der Waals surface area contributed by atoms with Crippen molar-refractivity contribution in [2.45, 2.75) is 33.7 Å². The van der Waals surface area contributed by atoms with Crippen LogP contribution in [0.15, 0.2) is 6.07 Å². The molecule has 2 rings (SSSR count). The summed E-state index contributed by atoms with van der Waals surface area (Å²) in [7, 11) is 0. The highest BCUT2D eigenvalue weighted by Crippen LogP contribution is 2.29. The smallest absolute Gasteiger partial charge is 0.144 e. The first-order valence-electron chi connectivity index (χ1n) is 5.77. The van der Waals surface area contributed by atoms with Gasteiger partial charge in [0.1, 0.15) is 11.6 Å². The molecular weight excluding hydrogens is 200 g/mol. The van der Waals surface area contributed by atoms with E-state index < -0.39 is 0 Å². The van der Waals surface area contributed by atoms with Gasteiger partial charge in [0.25, 0.3) is 0 Å². The summed E-state index contributed by atoms with van der Waals surface area (Å²) in [4.78, 5) is 11.1. The van der Waals surface area contributed by atoms with Crippen molar-refractivity contribution < 1.29 is 0 Å². The van der Waals surface area contributed by atoms with E-state index in [0.29, 0.717) is 11.2 Å². The van der Waals surface area contributed by atoms with E-state index in [1.54, 1.807) is 6.07 Å². The molecule has 1 aromatic rings. The molecule has 0 aromatic carbocycles. The third kappa shape index (κ3) is 2.70. The van der Waals surface area contributed by atoms with Gasteiger partial charge in [-0.3, -0.25) is 4.90 Å². The van der Waals surface area contributed by atoms with Crippen LogP contribution in [-0.4, -0.2) is 28.0 Å². The highest BCUT2D eigenvalue weighted by molar-refractivity contribution is 5.29. The summed E-state index contributed by atoms with van der Waals surface area (Å²) in [6.07, 6.45) is 1.24. The number of aromatic nitrogens is 2. The van der Waals surface area contributed by atoms with E-state index in [0.717, 1.165) is 31.2 Å². The van der Waals surface area contributed by atoms with Crippen molar-refractivity contribution in [3.63, 3.8) is 0 Å². The third-order valence-electron chi connectivity index (χ3n) is 3.04. The summed E-state index contributed by atoms with van der Waals surface area (Å²) < 4.78 is 0. The van der Waals surface area contributed by atoms with Gasteiger partial charge in [0.15, 0.2) is 0 Å². The second-order valence-corrected chi connectivity index (χ2v) is 5.48. The van der Waals surface area contributed by atoms with Gasteiger partial charge in [0.2, 0.25) is 0 Å². The molecule has 1 saturated heterocycles. The van der Waals surface area contributed by atoms with Crippen molar-refractivity contribution >= 4 is 5.82 Å². The molecule has 0 saturated carbocycles. The third-order valence-corrected chi connectivity index (χ3v) is 3.04. The Morgan fingerprint density at radius 3 is 2.75 bits per heavy atom. The molecule has 0 atom stereocenters. The van der Waals surface area contributed by atoms with Crippen molar-refractivity contribution in [2.75, 3.05) is 18.8 Å². The molecule has 0 radical (unpaired) electrons. The molecule has 88 valence electrons. The molecule has 0 amide bonds. The fraction of sp³-hybridized carbons (Fsp3) is 0.667. The Hall–Kier alpha value is -1.16. The van der Waals surface area contributed by atoms with Crippen molar-refractivity contribution in [1.29, 1.82) is 0 Å². The second-order valence-electron chi connectivity index (χ2n) is 5.48. The van der Waals surface area contributed by atoms with Gasteiger partial charge in [-0.05, 0) is 25.3 Å². The molecule has 0 aliphatic carbocycles. The molecule has 0 unspecified atom stereocenters. The van der Waals surface area contributed by atoms with Gasteiger partial charge in [-0.25, -0.2) is 9.97 Å². The van der Waals surface area contributed by atoms with E-state index in [1.807, 2.05) is 6.92 Å². The average Bonchev–Trinajstić information content (AvgIpc) is 2.43. The first-order chi connectivity index (χ1) is 7.44. The Kier molecular flexibility index (Phi) is 2.84. The first kappa shape index (κ1) is 11.3. The van der Waals surface area contributed by atoms with Gasteiger partial charge in [-0.1, -0.05) is 13.8 Å². The van der Waals surface area contributed by atoms with Crippen LogP contribution >= 0.6 is 0 Å². The van der Waals surface area contributed by atoms with E-state index in [2.05, 4.69) is 28.7 Å². The summed E-state index contributed by atoms with van der Waals surface area (Å²) in [5.74, 6) is 1.41. The van der Waals surface area contributed by atoms with Crippen molar-refractivity contribution in [2.24, 2.45) is 5.41 Å². The van der Waals surface area contributed by atoms with Crippen molar-refractivity contribution in [3.8, 4) is 0 Å². The molecule has 1 aromatic heterocycles. The number of rotatable bonds is 2. The largest absolute Gasteiger partial charge is 0.384 e. The van der Waals surface area contributed by atoms with Crippen LogP contribution in [0.4, 0.5) is 5.82 Å². The molecule has 4 heteroatoms. The molecule has 1 fully saturated rings. The number of hydrogen-bond donors (Lipinski definition) is 1. The fourth-order valence-electron chi connectivity index (χ4n) is 2.29. The van der Waals surface area contributed by atoms with Crippen LogP contribution in [0.5, 0.6) is 0 Å². The minimum absolute atomic E-state index is 0.426. The van der Waals surface area contributed by atoms with E-state index in [4.69, 9.17) is 5.73 Å². The number of nitrogens with two attached hydrogens (primary N) is 1. The van der Waals surface area contributed by atoms with Crippen LogP contribution in [0.25, 0.3) is 0 Å². The molecule has 0 bridgehead atoms. The summed E-state index contributed by atoms with van der Waals surface area (Å²) in [5.41, 5.74) is 7.09. The van der Waals surface area contributed by atoms with E-state index in [9.17, 15) is 0 Å². The average molecular weight is 220 g/mol. The number of nitrogen functional groups attached to an aromatic ring is 1. The Balaban J connectivity index is 2.05. The molecule has 1 aliphatic rings. The van der Waals surface area contributed by atoms with Crippen LogP contribution in [0.2, 0.25) is 0 Å². The summed E-state index contributed by atoms with van der Waals surface area (Å²) in [6.45, 7) is 9.62. The maximum absolute atomic E-state index is 5.72.